The lowest BCUT2D eigenvalue weighted by Gasteiger charge is -2.21. The van der Waals surface area contributed by atoms with Crippen molar-refractivity contribution in [2.24, 2.45) is 5.73 Å². The molecule has 0 radical (unpaired) electrons. The standard InChI is InChI=1S/C16H13N3O2.C13H15F2NO/c17-13(20)9-3-4-10-7-16(8-11(10)6-9)12-2-1-5-18-14(12)19-15(16)21;1-16-8-9(4-2-7-12(16)17)10-5-3-6-11(14)13(10)15/h1-6H,7-8H2,(H2,17,20)(H,18,19,21);3,5-6,9H,2,4,7-8H2,1H3/t;9-/m.1/s1. The molecule has 0 saturated carbocycles. The first kappa shape index (κ1) is 25.5. The van der Waals surface area contributed by atoms with Gasteiger partial charge in [0.1, 0.15) is 5.82 Å². The molecule has 3 amide bonds. The number of nitrogens with two attached hydrogens (primary N) is 1. The van der Waals surface area contributed by atoms with Gasteiger partial charge in [-0.15, -0.1) is 0 Å². The largest absolute Gasteiger partial charge is 0.366 e. The molecular weight excluding hydrogens is 490 g/mol. The summed E-state index contributed by atoms with van der Waals surface area (Å²) in [6, 6.07) is 13.4. The zero-order chi connectivity index (χ0) is 27.0. The molecule has 196 valence electrons. The van der Waals surface area contributed by atoms with E-state index in [4.69, 9.17) is 5.73 Å². The predicted octanol–water partition coefficient (Wildman–Crippen LogP) is 3.86. The Labute approximate surface area is 219 Å². The predicted molar refractivity (Wildman–Crippen MR) is 137 cm³/mol. The highest BCUT2D eigenvalue weighted by Crippen LogP contribution is 2.46. The van der Waals surface area contributed by atoms with Crippen LogP contribution in [0.25, 0.3) is 0 Å². The highest BCUT2D eigenvalue weighted by Gasteiger charge is 2.51. The van der Waals surface area contributed by atoms with Crippen molar-refractivity contribution in [2.75, 3.05) is 18.9 Å². The van der Waals surface area contributed by atoms with Crippen molar-refractivity contribution in [3.05, 3.63) is 94.2 Å². The molecule has 3 heterocycles. The molecule has 0 bridgehead atoms. The van der Waals surface area contributed by atoms with Crippen LogP contribution in [0.15, 0.2) is 54.7 Å². The van der Waals surface area contributed by atoms with Gasteiger partial charge < -0.3 is 16.0 Å². The number of carbonyl (C=O) groups is 3. The number of rotatable bonds is 2. The molecule has 38 heavy (non-hydrogen) atoms. The molecule has 9 heteroatoms. The van der Waals surface area contributed by atoms with Gasteiger partial charge >= 0.3 is 0 Å². The topological polar surface area (TPSA) is 105 Å². The summed E-state index contributed by atoms with van der Waals surface area (Å²) in [5.41, 5.74) is 8.64. The Balaban J connectivity index is 0.000000159. The number of benzene rings is 2. The lowest BCUT2D eigenvalue weighted by Crippen LogP contribution is -2.35. The van der Waals surface area contributed by atoms with E-state index in [1.54, 1.807) is 36.3 Å². The van der Waals surface area contributed by atoms with Crippen LogP contribution < -0.4 is 11.1 Å². The number of primary amides is 1. The number of fused-ring (bicyclic) bond motifs is 3. The fourth-order valence-electron chi connectivity index (χ4n) is 5.72. The Morgan fingerprint density at radius 3 is 2.68 bits per heavy atom. The number of hydrogen-bond acceptors (Lipinski definition) is 4. The normalized spacial score (nSPS) is 21.8. The van der Waals surface area contributed by atoms with E-state index < -0.39 is 23.0 Å². The maximum Gasteiger partial charge on any atom is 0.248 e. The van der Waals surface area contributed by atoms with Crippen LogP contribution in [-0.2, 0) is 27.8 Å². The molecule has 1 spiro atoms. The number of hydrogen-bond donors (Lipinski definition) is 2. The van der Waals surface area contributed by atoms with E-state index in [1.807, 2.05) is 18.2 Å². The van der Waals surface area contributed by atoms with Crippen LogP contribution in [0.5, 0.6) is 0 Å². The van der Waals surface area contributed by atoms with Gasteiger partial charge in [-0.25, -0.2) is 13.8 Å². The van der Waals surface area contributed by atoms with Gasteiger partial charge in [0, 0.05) is 43.3 Å². The Morgan fingerprint density at radius 1 is 1.11 bits per heavy atom. The van der Waals surface area contributed by atoms with E-state index in [1.165, 1.54) is 6.07 Å². The molecule has 3 N–H and O–H groups in total. The zero-order valence-corrected chi connectivity index (χ0v) is 21.0. The minimum atomic E-state index is -0.819. The minimum Gasteiger partial charge on any atom is -0.366 e. The molecule has 1 aromatic heterocycles. The summed E-state index contributed by atoms with van der Waals surface area (Å²) < 4.78 is 26.8. The van der Waals surface area contributed by atoms with Gasteiger partial charge in [-0.05, 0) is 66.6 Å². The number of nitrogens with zero attached hydrogens (tertiary/aromatic N) is 2. The van der Waals surface area contributed by atoms with Crippen molar-refractivity contribution in [1.82, 2.24) is 9.88 Å². The number of anilines is 1. The van der Waals surface area contributed by atoms with E-state index in [9.17, 15) is 23.2 Å². The van der Waals surface area contributed by atoms with E-state index in [0.717, 1.165) is 35.6 Å². The summed E-state index contributed by atoms with van der Waals surface area (Å²) in [6.45, 7) is 0.458. The number of carbonyl (C=O) groups excluding carboxylic acids is 3. The summed E-state index contributed by atoms with van der Waals surface area (Å²) in [4.78, 5) is 41.1. The Kier molecular flexibility index (Phi) is 6.69. The SMILES string of the molecule is CN1C[C@H](c2cccc(F)c2F)CCCC1=O.NC(=O)c1ccc2c(c1)CC1(C2)C(=O)Nc2ncccc21. The monoisotopic (exact) mass is 518 g/mol. The van der Waals surface area contributed by atoms with Crippen molar-refractivity contribution in [3.63, 3.8) is 0 Å². The van der Waals surface area contributed by atoms with E-state index >= 15 is 0 Å². The second kappa shape index (κ2) is 9.96. The highest BCUT2D eigenvalue weighted by atomic mass is 19.2. The van der Waals surface area contributed by atoms with Crippen molar-refractivity contribution in [1.29, 1.82) is 0 Å². The zero-order valence-electron chi connectivity index (χ0n) is 21.0. The number of amides is 3. The van der Waals surface area contributed by atoms with Crippen LogP contribution in [0, 0.1) is 11.6 Å². The molecule has 1 saturated heterocycles. The fraction of sp³-hybridized carbons (Fsp3) is 0.310. The smallest absolute Gasteiger partial charge is 0.248 e. The number of pyridine rings is 1. The van der Waals surface area contributed by atoms with Gasteiger partial charge in [-0.2, -0.15) is 0 Å². The van der Waals surface area contributed by atoms with Crippen molar-refractivity contribution in [2.45, 2.75) is 43.4 Å². The number of likely N-dealkylation sites (N-methyl/N-ethyl adjacent to an activating group) is 1. The quantitative estimate of drug-likeness (QED) is 0.538. The van der Waals surface area contributed by atoms with Gasteiger partial charge in [0.15, 0.2) is 11.6 Å². The molecule has 7 nitrogen and oxygen atoms in total. The average Bonchev–Trinajstić information content (AvgIpc) is 3.36. The van der Waals surface area contributed by atoms with Gasteiger partial charge in [0.05, 0.1) is 5.41 Å². The first-order valence-electron chi connectivity index (χ1n) is 12.6. The number of likely N-dealkylation sites (tertiary alicyclic amines) is 1. The molecule has 3 aromatic rings. The van der Waals surface area contributed by atoms with Crippen LogP contribution in [-0.4, -0.2) is 41.2 Å². The third kappa shape index (κ3) is 4.53. The molecule has 2 aliphatic heterocycles. The van der Waals surface area contributed by atoms with Crippen molar-refractivity contribution >= 4 is 23.5 Å². The molecule has 1 unspecified atom stereocenters. The fourth-order valence-corrected chi connectivity index (χ4v) is 5.72. The van der Waals surface area contributed by atoms with Gasteiger partial charge in [-0.1, -0.05) is 24.3 Å². The summed E-state index contributed by atoms with van der Waals surface area (Å²) in [6.07, 6.45) is 4.81. The summed E-state index contributed by atoms with van der Waals surface area (Å²) in [7, 11) is 1.71. The molecule has 6 rings (SSSR count). The first-order valence-corrected chi connectivity index (χ1v) is 12.6. The van der Waals surface area contributed by atoms with Gasteiger partial charge in [0.25, 0.3) is 0 Å². The minimum absolute atomic E-state index is 0.0203. The Bertz CT molecular complexity index is 1440. The Morgan fingerprint density at radius 2 is 1.89 bits per heavy atom. The lowest BCUT2D eigenvalue weighted by atomic mass is 9.79. The van der Waals surface area contributed by atoms with Gasteiger partial charge in [0.2, 0.25) is 17.7 Å². The third-order valence-corrected chi connectivity index (χ3v) is 7.75. The average molecular weight is 519 g/mol. The number of aromatic nitrogens is 1. The maximum atomic E-state index is 13.7. The molecule has 1 aliphatic carbocycles. The summed E-state index contributed by atoms with van der Waals surface area (Å²) >= 11 is 0. The molecule has 2 atom stereocenters. The highest BCUT2D eigenvalue weighted by molar-refractivity contribution is 6.06. The van der Waals surface area contributed by atoms with Crippen molar-refractivity contribution < 1.29 is 23.2 Å². The third-order valence-electron chi connectivity index (χ3n) is 7.75. The summed E-state index contributed by atoms with van der Waals surface area (Å²) in [5.74, 6) is -1.46. The molecule has 3 aliphatic rings. The number of nitrogens with one attached hydrogen (secondary N) is 1. The molecule has 1 fully saturated rings. The van der Waals surface area contributed by atoms with Crippen LogP contribution in [0.1, 0.15) is 57.8 Å². The van der Waals surface area contributed by atoms with Crippen LogP contribution in [0.4, 0.5) is 14.6 Å². The summed E-state index contributed by atoms with van der Waals surface area (Å²) in [5, 5.41) is 2.86. The molecule has 2 aromatic carbocycles. The second-order valence-corrected chi connectivity index (χ2v) is 10.1. The van der Waals surface area contributed by atoms with Gasteiger partial charge in [-0.3, -0.25) is 14.4 Å². The molecular formula is C29H28F2N4O3. The lowest BCUT2D eigenvalue weighted by molar-refractivity contribution is -0.129. The number of halogens is 2. The van der Waals surface area contributed by atoms with Crippen LogP contribution >= 0.6 is 0 Å². The van der Waals surface area contributed by atoms with E-state index in [0.29, 0.717) is 42.8 Å². The van der Waals surface area contributed by atoms with E-state index in [-0.39, 0.29) is 17.7 Å². The maximum absolute atomic E-state index is 13.7. The van der Waals surface area contributed by atoms with Crippen LogP contribution in [0.2, 0.25) is 0 Å². The van der Waals surface area contributed by atoms with Crippen molar-refractivity contribution in [3.8, 4) is 0 Å². The second-order valence-electron chi connectivity index (χ2n) is 10.1. The Hall–Kier alpha value is -4.14. The van der Waals surface area contributed by atoms with Crippen LogP contribution in [0.3, 0.4) is 0 Å². The first-order chi connectivity index (χ1) is 18.2. The van der Waals surface area contributed by atoms with E-state index in [2.05, 4.69) is 10.3 Å².